The highest BCUT2D eigenvalue weighted by atomic mass is 16.3. The summed E-state index contributed by atoms with van der Waals surface area (Å²) in [6, 6.07) is 76.6. The van der Waals surface area contributed by atoms with Crippen molar-refractivity contribution in [3.63, 3.8) is 0 Å². The smallest absolute Gasteiger partial charge is 0.159 e. The Labute approximate surface area is 346 Å². The monoisotopic (exact) mass is 765 g/mol. The van der Waals surface area contributed by atoms with Crippen molar-refractivity contribution in [3.8, 4) is 44.9 Å². The molecule has 280 valence electrons. The molecule has 0 aliphatic carbocycles. The van der Waals surface area contributed by atoms with Gasteiger partial charge in [0, 0.05) is 60.6 Å². The molecule has 1 aliphatic rings. The molecule has 13 rings (SSSR count). The predicted molar refractivity (Wildman–Crippen MR) is 249 cm³/mol. The zero-order valence-electron chi connectivity index (χ0n) is 32.5. The number of rotatable bonds is 4. The van der Waals surface area contributed by atoms with Gasteiger partial charge in [0.25, 0.3) is 0 Å². The third-order valence-electron chi connectivity index (χ3n) is 12.4. The topological polar surface area (TPSA) is 26.2 Å². The molecule has 0 bridgehead atoms. The number of benzene rings is 9. The van der Waals surface area contributed by atoms with Crippen LogP contribution in [0.4, 0.5) is 17.1 Å². The Bertz CT molecular complexity index is 3610. The average Bonchev–Trinajstić information content (AvgIpc) is 3.96. The van der Waals surface area contributed by atoms with Crippen molar-refractivity contribution in [1.29, 1.82) is 0 Å². The lowest BCUT2D eigenvalue weighted by Gasteiger charge is -2.28. The molecule has 4 heteroatoms. The molecule has 0 atom stereocenters. The Morgan fingerprint density at radius 1 is 0.317 bits per heavy atom. The Morgan fingerprint density at radius 3 is 1.57 bits per heavy atom. The molecule has 60 heavy (non-hydrogen) atoms. The SMILES string of the molecule is c1ccc(N2c3ccccc3-c3c(n(-c4ccccc4)c4ccccc34)-c3cc(-c4cccc5c4oc4c(-n6c7ccccc7c7ccccc76)cccc45)ccc32)cc1. The van der Waals surface area contributed by atoms with E-state index in [1.807, 2.05) is 0 Å². The van der Waals surface area contributed by atoms with E-state index in [1.54, 1.807) is 0 Å². The first-order valence-corrected chi connectivity index (χ1v) is 20.5. The molecule has 4 nitrogen and oxygen atoms in total. The molecular weight excluding hydrogens is 731 g/mol. The molecule has 1 aliphatic heterocycles. The fourth-order valence-corrected chi connectivity index (χ4v) is 9.96. The summed E-state index contributed by atoms with van der Waals surface area (Å²) in [6.07, 6.45) is 0. The summed E-state index contributed by atoms with van der Waals surface area (Å²) < 4.78 is 12.0. The van der Waals surface area contributed by atoms with Gasteiger partial charge < -0.3 is 18.5 Å². The van der Waals surface area contributed by atoms with E-state index >= 15 is 0 Å². The van der Waals surface area contributed by atoms with Crippen molar-refractivity contribution in [2.24, 2.45) is 0 Å². The molecule has 4 heterocycles. The molecule has 12 aromatic rings. The molecule has 0 amide bonds. The highest BCUT2D eigenvalue weighted by Crippen LogP contribution is 2.55. The molecular formula is C56H35N3O. The second-order valence-corrected chi connectivity index (χ2v) is 15.6. The quantitative estimate of drug-likeness (QED) is 0.178. The van der Waals surface area contributed by atoms with Crippen molar-refractivity contribution < 1.29 is 4.42 Å². The van der Waals surface area contributed by atoms with E-state index in [2.05, 4.69) is 226 Å². The van der Waals surface area contributed by atoms with E-state index < -0.39 is 0 Å². The van der Waals surface area contributed by atoms with Crippen LogP contribution in [-0.2, 0) is 0 Å². The Balaban J connectivity index is 1.11. The largest absolute Gasteiger partial charge is 0.453 e. The minimum Gasteiger partial charge on any atom is -0.453 e. The lowest BCUT2D eigenvalue weighted by molar-refractivity contribution is 0.667. The molecule has 0 radical (unpaired) electrons. The fraction of sp³-hybridized carbons (Fsp3) is 0. The molecule has 0 unspecified atom stereocenters. The predicted octanol–water partition coefficient (Wildman–Crippen LogP) is 15.4. The number of hydrogen-bond acceptors (Lipinski definition) is 2. The minimum atomic E-state index is 0.874. The number of furan rings is 1. The molecule has 0 spiro atoms. The number of hydrogen-bond donors (Lipinski definition) is 0. The van der Waals surface area contributed by atoms with Gasteiger partial charge in [-0.2, -0.15) is 0 Å². The van der Waals surface area contributed by atoms with Gasteiger partial charge in [-0.25, -0.2) is 0 Å². The standard InChI is InChI=1S/C56H35N3O/c1-3-17-37(18-4-1)57-49-30-13-9-23-44(49)53-45-24-10-14-31-50(45)58(38-19-5-2-6-20-38)54(53)46-35-36(33-34-51(46)57)39-25-15-26-42-43-27-16-32-52(56(43)60-55(39)42)59-47-28-11-7-21-40(47)41-22-8-12-29-48(41)59/h1-35H. The van der Waals surface area contributed by atoms with Crippen LogP contribution in [0.2, 0.25) is 0 Å². The van der Waals surface area contributed by atoms with Crippen LogP contribution in [0.1, 0.15) is 0 Å². The van der Waals surface area contributed by atoms with E-state index in [9.17, 15) is 0 Å². The van der Waals surface area contributed by atoms with E-state index in [1.165, 1.54) is 32.8 Å². The van der Waals surface area contributed by atoms with Gasteiger partial charge in [0.1, 0.15) is 5.58 Å². The van der Waals surface area contributed by atoms with Crippen molar-refractivity contribution in [1.82, 2.24) is 9.13 Å². The van der Waals surface area contributed by atoms with Gasteiger partial charge >= 0.3 is 0 Å². The number of anilines is 3. The third-order valence-corrected chi connectivity index (χ3v) is 12.4. The second kappa shape index (κ2) is 12.7. The van der Waals surface area contributed by atoms with Gasteiger partial charge in [-0.1, -0.05) is 146 Å². The Morgan fingerprint density at radius 2 is 0.833 bits per heavy atom. The van der Waals surface area contributed by atoms with Crippen molar-refractivity contribution in [2.75, 3.05) is 4.90 Å². The van der Waals surface area contributed by atoms with Gasteiger partial charge in [0.15, 0.2) is 5.58 Å². The lowest BCUT2D eigenvalue weighted by Crippen LogP contribution is -2.11. The minimum absolute atomic E-state index is 0.874. The lowest BCUT2D eigenvalue weighted by atomic mass is 9.95. The molecule has 0 saturated heterocycles. The van der Waals surface area contributed by atoms with Crippen molar-refractivity contribution >= 4 is 71.7 Å². The maximum absolute atomic E-state index is 7.17. The van der Waals surface area contributed by atoms with Crippen LogP contribution in [0.5, 0.6) is 0 Å². The van der Waals surface area contributed by atoms with Gasteiger partial charge in [-0.05, 0) is 72.3 Å². The van der Waals surface area contributed by atoms with Crippen LogP contribution in [0.15, 0.2) is 217 Å². The second-order valence-electron chi connectivity index (χ2n) is 15.6. The molecule has 3 aromatic heterocycles. The first kappa shape index (κ1) is 32.9. The van der Waals surface area contributed by atoms with E-state index in [0.29, 0.717) is 0 Å². The van der Waals surface area contributed by atoms with Crippen LogP contribution in [0.3, 0.4) is 0 Å². The van der Waals surface area contributed by atoms with E-state index in [-0.39, 0.29) is 0 Å². The summed E-state index contributed by atoms with van der Waals surface area (Å²) in [6.45, 7) is 0. The zero-order valence-corrected chi connectivity index (χ0v) is 32.5. The molecule has 0 fully saturated rings. The highest BCUT2D eigenvalue weighted by Gasteiger charge is 2.32. The van der Waals surface area contributed by atoms with Crippen LogP contribution in [0.25, 0.3) is 99.5 Å². The normalized spacial score (nSPS) is 12.3. The Hall–Kier alpha value is -8.08. The summed E-state index contributed by atoms with van der Waals surface area (Å²) in [5.74, 6) is 0. The fourth-order valence-electron chi connectivity index (χ4n) is 9.96. The summed E-state index contributed by atoms with van der Waals surface area (Å²) >= 11 is 0. The number of nitrogens with zero attached hydrogens (tertiary/aromatic N) is 3. The third kappa shape index (κ3) is 4.61. The maximum Gasteiger partial charge on any atom is 0.159 e. The van der Waals surface area contributed by atoms with Crippen LogP contribution < -0.4 is 4.90 Å². The van der Waals surface area contributed by atoms with Crippen LogP contribution in [-0.4, -0.2) is 9.13 Å². The summed E-state index contributed by atoms with van der Waals surface area (Å²) in [5, 5.41) is 5.86. The first-order chi connectivity index (χ1) is 29.8. The van der Waals surface area contributed by atoms with Crippen LogP contribution >= 0.6 is 0 Å². The van der Waals surface area contributed by atoms with Crippen molar-refractivity contribution in [2.45, 2.75) is 0 Å². The first-order valence-electron chi connectivity index (χ1n) is 20.5. The van der Waals surface area contributed by atoms with Crippen molar-refractivity contribution in [3.05, 3.63) is 212 Å². The van der Waals surface area contributed by atoms with Crippen LogP contribution in [0, 0.1) is 0 Å². The molecule has 0 saturated carbocycles. The summed E-state index contributed by atoms with van der Waals surface area (Å²) in [5.41, 5.74) is 17.6. The van der Waals surface area contributed by atoms with E-state index in [4.69, 9.17) is 4.42 Å². The maximum atomic E-state index is 7.17. The number of aromatic nitrogens is 2. The Kier molecular flexibility index (Phi) is 6.98. The number of fused-ring (bicyclic) bond motifs is 13. The van der Waals surface area contributed by atoms with Gasteiger partial charge in [-0.15, -0.1) is 0 Å². The zero-order chi connectivity index (χ0) is 39.3. The molecule has 9 aromatic carbocycles. The van der Waals surface area contributed by atoms with Gasteiger partial charge in [-0.3, -0.25) is 0 Å². The summed E-state index contributed by atoms with van der Waals surface area (Å²) in [7, 11) is 0. The molecule has 0 N–H and O–H groups in total. The average molecular weight is 766 g/mol. The van der Waals surface area contributed by atoms with Gasteiger partial charge in [0.05, 0.1) is 39.3 Å². The van der Waals surface area contributed by atoms with Gasteiger partial charge in [0.2, 0.25) is 0 Å². The number of para-hydroxylation sites is 8. The highest BCUT2D eigenvalue weighted by molar-refractivity contribution is 6.16. The summed E-state index contributed by atoms with van der Waals surface area (Å²) in [4.78, 5) is 2.43. The van der Waals surface area contributed by atoms with E-state index in [0.717, 1.165) is 83.8 Å².